The molecule has 1 aliphatic rings. The summed E-state index contributed by atoms with van der Waals surface area (Å²) in [5.74, 6) is -1.69. The van der Waals surface area contributed by atoms with Gasteiger partial charge in [-0.25, -0.2) is 4.79 Å². The van der Waals surface area contributed by atoms with Crippen LogP contribution in [-0.4, -0.2) is 42.2 Å². The molecule has 2 heterocycles. The van der Waals surface area contributed by atoms with Crippen molar-refractivity contribution in [1.82, 2.24) is 0 Å². The van der Waals surface area contributed by atoms with E-state index in [1.165, 1.54) is 23.1 Å². The number of hydrogen-bond acceptors (Lipinski definition) is 8. The number of ether oxygens (including phenoxy) is 2. The van der Waals surface area contributed by atoms with E-state index in [0.29, 0.717) is 28.6 Å². The number of hydrogen-bond donors (Lipinski definition) is 2. The van der Waals surface area contributed by atoms with Crippen molar-refractivity contribution in [3.05, 3.63) is 40.8 Å². The van der Waals surface area contributed by atoms with E-state index in [2.05, 4.69) is 10.6 Å². The van der Waals surface area contributed by atoms with Crippen LogP contribution in [-0.2, 0) is 30.3 Å². The second-order valence-corrected chi connectivity index (χ2v) is 9.91. The van der Waals surface area contributed by atoms with E-state index in [1.54, 1.807) is 13.0 Å². The summed E-state index contributed by atoms with van der Waals surface area (Å²) in [6, 6.07) is 7.33. The fourth-order valence-corrected chi connectivity index (χ4v) is 5.32. The molecule has 2 N–H and O–H groups in total. The lowest BCUT2D eigenvalue weighted by Crippen LogP contribution is -2.32. The fourth-order valence-electron chi connectivity index (χ4n) is 3.25. The van der Waals surface area contributed by atoms with E-state index in [4.69, 9.17) is 9.47 Å². The molecular formula is C23H26N2O6S2. The molecule has 10 heteroatoms. The first-order chi connectivity index (χ1) is 15.8. The second-order valence-electron chi connectivity index (χ2n) is 7.79. The molecule has 0 bridgehead atoms. The minimum atomic E-state index is -0.658. The first-order valence-electron chi connectivity index (χ1n) is 10.6. The van der Waals surface area contributed by atoms with Gasteiger partial charge in [0.1, 0.15) is 5.00 Å². The van der Waals surface area contributed by atoms with Gasteiger partial charge in [0.2, 0.25) is 5.91 Å². The number of benzene rings is 1. The van der Waals surface area contributed by atoms with Gasteiger partial charge in [-0.3, -0.25) is 14.4 Å². The van der Waals surface area contributed by atoms with Crippen LogP contribution in [0.3, 0.4) is 0 Å². The average Bonchev–Trinajstić information content (AvgIpc) is 3.14. The predicted octanol–water partition coefficient (Wildman–Crippen LogP) is 4.11. The molecule has 0 saturated heterocycles. The molecule has 1 aliphatic heterocycles. The Balaban J connectivity index is 1.56. The molecule has 8 nitrogen and oxygen atoms in total. The van der Waals surface area contributed by atoms with E-state index < -0.39 is 29.7 Å². The number of anilines is 2. The summed E-state index contributed by atoms with van der Waals surface area (Å²) < 4.78 is 10.2. The van der Waals surface area contributed by atoms with Crippen molar-refractivity contribution >= 4 is 57.5 Å². The summed E-state index contributed by atoms with van der Waals surface area (Å²) in [6.07, 6.45) is 0.503. The first-order valence-corrected chi connectivity index (χ1v) is 12.3. The summed E-state index contributed by atoms with van der Waals surface area (Å²) >= 11 is 2.51. The lowest BCUT2D eigenvalue weighted by atomic mass is 10.0. The Bertz CT molecular complexity index is 1050. The van der Waals surface area contributed by atoms with Crippen molar-refractivity contribution in [3.63, 3.8) is 0 Å². The van der Waals surface area contributed by atoms with E-state index in [-0.39, 0.29) is 18.9 Å². The van der Waals surface area contributed by atoms with Gasteiger partial charge in [0.05, 0.1) is 29.5 Å². The van der Waals surface area contributed by atoms with Gasteiger partial charge < -0.3 is 20.1 Å². The monoisotopic (exact) mass is 490 g/mol. The minimum Gasteiger partial charge on any atom is -0.462 e. The molecule has 33 heavy (non-hydrogen) atoms. The molecule has 176 valence electrons. The van der Waals surface area contributed by atoms with Crippen LogP contribution in [0.25, 0.3) is 0 Å². The highest BCUT2D eigenvalue weighted by molar-refractivity contribution is 8.01. The molecule has 1 aromatic carbocycles. The zero-order valence-corrected chi connectivity index (χ0v) is 20.3. The summed E-state index contributed by atoms with van der Waals surface area (Å²) in [4.78, 5) is 50.2. The van der Waals surface area contributed by atoms with Crippen molar-refractivity contribution < 1.29 is 28.7 Å². The molecule has 2 amide bonds. The number of thiophene rings is 1. The first kappa shape index (κ1) is 24.8. The van der Waals surface area contributed by atoms with Crippen LogP contribution >= 0.6 is 23.1 Å². The number of amides is 2. The van der Waals surface area contributed by atoms with E-state index >= 15 is 0 Å². The molecule has 3 rings (SSSR count). The van der Waals surface area contributed by atoms with E-state index in [1.807, 2.05) is 37.4 Å². The average molecular weight is 491 g/mol. The third-order valence-electron chi connectivity index (χ3n) is 4.65. The Morgan fingerprint density at radius 1 is 1.18 bits per heavy atom. The van der Waals surface area contributed by atoms with Crippen molar-refractivity contribution in [2.75, 3.05) is 23.8 Å². The van der Waals surface area contributed by atoms with Gasteiger partial charge in [0.25, 0.3) is 5.91 Å². The molecule has 0 fully saturated rings. The second kappa shape index (κ2) is 11.3. The quantitative estimate of drug-likeness (QED) is 0.509. The van der Waals surface area contributed by atoms with Crippen LogP contribution in [0.4, 0.5) is 10.7 Å². The molecule has 1 atom stereocenters. The Kier molecular flexibility index (Phi) is 8.51. The number of nitrogens with one attached hydrogen (secondary N) is 2. The van der Waals surface area contributed by atoms with Crippen molar-refractivity contribution in [2.24, 2.45) is 5.92 Å². The number of fused-ring (bicyclic) bond motifs is 1. The van der Waals surface area contributed by atoms with Gasteiger partial charge in [-0.15, -0.1) is 23.1 Å². The molecule has 1 unspecified atom stereocenters. The predicted molar refractivity (Wildman–Crippen MR) is 128 cm³/mol. The smallest absolute Gasteiger partial charge is 0.341 e. The standard InChI is InChI=1S/C23H26N2O6S2/c1-4-30-23(29)20-14(9-13(2)3)12-32-22(20)25-18(26)11-31-19(27)10-17-21(28)24-15-7-5-6-8-16(15)33-17/h5-8,12-13,17H,4,9-11H2,1-3H3,(H,24,28)(H,25,26). The van der Waals surface area contributed by atoms with Crippen LogP contribution in [0.15, 0.2) is 34.5 Å². The van der Waals surface area contributed by atoms with Crippen LogP contribution in [0, 0.1) is 5.92 Å². The van der Waals surface area contributed by atoms with Gasteiger partial charge in [0, 0.05) is 4.90 Å². The number of rotatable bonds is 9. The third-order valence-corrected chi connectivity index (χ3v) is 6.87. The maximum atomic E-state index is 12.4. The van der Waals surface area contributed by atoms with Gasteiger partial charge in [-0.05, 0) is 42.3 Å². The van der Waals surface area contributed by atoms with Gasteiger partial charge >= 0.3 is 11.9 Å². The number of esters is 2. The van der Waals surface area contributed by atoms with E-state index in [9.17, 15) is 19.2 Å². The van der Waals surface area contributed by atoms with Crippen molar-refractivity contribution in [1.29, 1.82) is 0 Å². The molecule has 0 spiro atoms. The number of thioether (sulfide) groups is 1. The summed E-state index contributed by atoms with van der Waals surface area (Å²) in [6.45, 7) is 5.49. The van der Waals surface area contributed by atoms with Gasteiger partial charge in [-0.1, -0.05) is 26.0 Å². The molecular weight excluding hydrogens is 464 g/mol. The zero-order chi connectivity index (χ0) is 24.0. The number of carbonyl (C=O) groups excluding carboxylic acids is 4. The zero-order valence-electron chi connectivity index (χ0n) is 18.6. The van der Waals surface area contributed by atoms with Crippen LogP contribution in [0.5, 0.6) is 0 Å². The fraction of sp³-hybridized carbons (Fsp3) is 0.391. The SMILES string of the molecule is CCOC(=O)c1c(CC(C)C)csc1NC(=O)COC(=O)CC1Sc2ccccc2NC1=O. The van der Waals surface area contributed by atoms with Crippen LogP contribution < -0.4 is 10.6 Å². The lowest BCUT2D eigenvalue weighted by Gasteiger charge is -2.23. The molecule has 1 aromatic heterocycles. The Hall–Kier alpha value is -2.85. The Morgan fingerprint density at radius 3 is 2.67 bits per heavy atom. The third kappa shape index (κ3) is 6.58. The summed E-state index contributed by atoms with van der Waals surface area (Å²) in [5, 5.41) is 6.96. The van der Waals surface area contributed by atoms with Gasteiger partial charge in [0.15, 0.2) is 6.61 Å². The minimum absolute atomic E-state index is 0.163. The maximum absolute atomic E-state index is 12.4. The topological polar surface area (TPSA) is 111 Å². The number of para-hydroxylation sites is 1. The normalized spacial score (nSPS) is 14.9. The summed E-state index contributed by atoms with van der Waals surface area (Å²) in [7, 11) is 0. The largest absolute Gasteiger partial charge is 0.462 e. The van der Waals surface area contributed by atoms with E-state index in [0.717, 1.165) is 10.5 Å². The number of carbonyl (C=O) groups is 4. The van der Waals surface area contributed by atoms with Gasteiger partial charge in [-0.2, -0.15) is 0 Å². The van der Waals surface area contributed by atoms with Crippen LogP contribution in [0.1, 0.15) is 43.1 Å². The summed E-state index contributed by atoms with van der Waals surface area (Å²) in [5.41, 5.74) is 1.85. The van der Waals surface area contributed by atoms with Crippen LogP contribution in [0.2, 0.25) is 0 Å². The maximum Gasteiger partial charge on any atom is 0.341 e. The van der Waals surface area contributed by atoms with Crippen molar-refractivity contribution in [3.8, 4) is 0 Å². The highest BCUT2D eigenvalue weighted by Gasteiger charge is 2.30. The Labute approximate surface area is 200 Å². The molecule has 0 aliphatic carbocycles. The lowest BCUT2D eigenvalue weighted by molar-refractivity contribution is -0.147. The van der Waals surface area contributed by atoms with Crippen molar-refractivity contribution in [2.45, 2.75) is 43.8 Å². The molecule has 2 aromatic rings. The highest BCUT2D eigenvalue weighted by Crippen LogP contribution is 2.36. The molecule has 0 radical (unpaired) electrons. The Morgan fingerprint density at radius 2 is 1.94 bits per heavy atom. The highest BCUT2D eigenvalue weighted by atomic mass is 32.2. The molecule has 0 saturated carbocycles.